The molecule has 2 aliphatic rings. The third-order valence-corrected chi connectivity index (χ3v) is 2.39. The van der Waals surface area contributed by atoms with Gasteiger partial charge in [0.25, 0.3) is 0 Å². The lowest BCUT2D eigenvalue weighted by Crippen LogP contribution is -2.24. The Morgan fingerprint density at radius 2 is 2.06 bits per heavy atom. The van der Waals surface area contributed by atoms with Gasteiger partial charge in [0.1, 0.15) is 11.2 Å². The van der Waals surface area contributed by atoms with Gasteiger partial charge < -0.3 is 5.21 Å². The summed E-state index contributed by atoms with van der Waals surface area (Å²) in [5.74, 6) is 0. The fraction of sp³-hybridized carbons (Fsp3) is 0. The van der Waals surface area contributed by atoms with Crippen LogP contribution in [0, 0.1) is 5.21 Å². The third kappa shape index (κ3) is 1.07. The second-order valence-electron chi connectivity index (χ2n) is 3.32. The molecular weight excluding hydrogens is 208 g/mol. The molecule has 0 saturated carbocycles. The molecule has 0 radical (unpaired) electrons. The van der Waals surface area contributed by atoms with E-state index in [9.17, 15) is 10.0 Å². The number of hydrogen-bond donors (Lipinski definition) is 0. The largest absolute Gasteiger partial charge is 0.618 e. The van der Waals surface area contributed by atoms with E-state index in [0.29, 0.717) is 15.8 Å². The SMILES string of the molecule is O=c1nnn2c3ccccc3[n+]([O-])ccc1-2. The number of nitrogens with zero attached hydrogens (tertiary/aromatic N) is 4. The molecule has 0 aromatic heterocycles. The van der Waals surface area contributed by atoms with Crippen molar-refractivity contribution in [2.75, 3.05) is 0 Å². The van der Waals surface area contributed by atoms with Crippen molar-refractivity contribution in [2.45, 2.75) is 0 Å². The second-order valence-corrected chi connectivity index (χ2v) is 3.32. The lowest BCUT2D eigenvalue weighted by Gasteiger charge is -1.97. The van der Waals surface area contributed by atoms with Crippen molar-refractivity contribution in [3.8, 4) is 5.69 Å². The quantitative estimate of drug-likeness (QED) is 0.385. The molecule has 16 heavy (non-hydrogen) atoms. The maximum atomic E-state index is 11.6. The van der Waals surface area contributed by atoms with Gasteiger partial charge in [0.2, 0.25) is 5.52 Å². The highest BCUT2D eigenvalue weighted by molar-refractivity contribution is 5.72. The molecule has 1 aromatic rings. The minimum absolute atomic E-state index is 0.283. The standard InChI is InChI=1S/C10H6N4O2/c15-10-9-5-6-13(16)7-3-1-2-4-8(7)14(9)12-11-10/h1-6H. The zero-order valence-corrected chi connectivity index (χ0v) is 8.07. The first-order valence-corrected chi connectivity index (χ1v) is 4.64. The first-order valence-electron chi connectivity index (χ1n) is 4.64. The average molecular weight is 214 g/mol. The lowest BCUT2D eigenvalue weighted by molar-refractivity contribution is -0.576. The van der Waals surface area contributed by atoms with Crippen LogP contribution in [0.4, 0.5) is 0 Å². The molecule has 6 nitrogen and oxygen atoms in total. The third-order valence-electron chi connectivity index (χ3n) is 2.39. The van der Waals surface area contributed by atoms with Gasteiger partial charge in [-0.2, -0.15) is 4.73 Å². The van der Waals surface area contributed by atoms with Crippen LogP contribution in [-0.4, -0.2) is 15.0 Å². The molecular formula is C10H6N4O2. The number of fused-ring (bicyclic) bond motifs is 3. The van der Waals surface area contributed by atoms with Crippen LogP contribution in [0.25, 0.3) is 16.7 Å². The van der Waals surface area contributed by atoms with Crippen LogP contribution < -0.4 is 10.3 Å². The Morgan fingerprint density at radius 1 is 1.25 bits per heavy atom. The van der Waals surface area contributed by atoms with Crippen LogP contribution in [0.5, 0.6) is 0 Å². The van der Waals surface area contributed by atoms with Gasteiger partial charge in [-0.3, -0.25) is 4.79 Å². The molecule has 0 N–H and O–H groups in total. The first kappa shape index (κ1) is 8.78. The van der Waals surface area contributed by atoms with E-state index in [4.69, 9.17) is 0 Å². The maximum Gasteiger partial charge on any atom is 0.315 e. The molecule has 0 spiro atoms. The molecule has 0 fully saturated rings. The van der Waals surface area contributed by atoms with E-state index in [1.807, 2.05) is 0 Å². The van der Waals surface area contributed by atoms with Gasteiger partial charge >= 0.3 is 5.56 Å². The highest BCUT2D eigenvalue weighted by atomic mass is 16.5. The van der Waals surface area contributed by atoms with E-state index >= 15 is 0 Å². The van der Waals surface area contributed by atoms with Gasteiger partial charge in [0.15, 0.2) is 6.20 Å². The zero-order valence-electron chi connectivity index (χ0n) is 8.07. The molecule has 6 heteroatoms. The lowest BCUT2D eigenvalue weighted by atomic mass is 10.3. The van der Waals surface area contributed by atoms with Crippen molar-refractivity contribution in [1.29, 1.82) is 0 Å². The molecule has 3 rings (SSSR count). The number of rotatable bonds is 0. The van der Waals surface area contributed by atoms with Crippen molar-refractivity contribution in [2.24, 2.45) is 0 Å². The molecule has 2 aliphatic heterocycles. The normalized spacial score (nSPS) is 11.0. The zero-order chi connectivity index (χ0) is 11.1. The van der Waals surface area contributed by atoms with Crippen LogP contribution in [0.2, 0.25) is 0 Å². The summed E-state index contributed by atoms with van der Waals surface area (Å²) in [5, 5.41) is 18.8. The van der Waals surface area contributed by atoms with Gasteiger partial charge in [0.05, 0.1) is 0 Å². The highest BCUT2D eigenvalue weighted by Crippen LogP contribution is 2.11. The summed E-state index contributed by atoms with van der Waals surface area (Å²) < 4.78 is 2.06. The molecule has 0 unspecified atom stereocenters. The van der Waals surface area contributed by atoms with E-state index in [-0.39, 0.29) is 5.69 Å². The van der Waals surface area contributed by atoms with Crippen LogP contribution in [-0.2, 0) is 0 Å². The molecule has 0 bridgehead atoms. The highest BCUT2D eigenvalue weighted by Gasteiger charge is 2.14. The summed E-state index contributed by atoms with van der Waals surface area (Å²) in [6.07, 6.45) is 1.28. The number of aromatic nitrogens is 4. The maximum absolute atomic E-state index is 11.6. The molecule has 1 aromatic carbocycles. The Labute approximate surface area is 89.3 Å². The van der Waals surface area contributed by atoms with Crippen molar-refractivity contribution in [3.63, 3.8) is 0 Å². The Balaban J connectivity index is 2.62. The molecule has 0 atom stereocenters. The Bertz CT molecular complexity index is 707. The van der Waals surface area contributed by atoms with Crippen LogP contribution >= 0.6 is 0 Å². The number of para-hydroxylation sites is 2. The Morgan fingerprint density at radius 3 is 2.94 bits per heavy atom. The minimum Gasteiger partial charge on any atom is -0.618 e. The molecule has 2 heterocycles. The van der Waals surface area contributed by atoms with Gasteiger partial charge in [0, 0.05) is 12.1 Å². The average Bonchev–Trinajstić information content (AvgIpc) is 2.60. The van der Waals surface area contributed by atoms with E-state index < -0.39 is 5.56 Å². The second kappa shape index (κ2) is 2.99. The molecule has 0 saturated heterocycles. The smallest absolute Gasteiger partial charge is 0.315 e. The fourth-order valence-corrected chi connectivity index (χ4v) is 1.64. The summed E-state index contributed by atoms with van der Waals surface area (Å²) in [6.45, 7) is 0. The predicted octanol–water partition coefficient (Wildman–Crippen LogP) is -0.148. The van der Waals surface area contributed by atoms with Gasteiger partial charge in [-0.15, -0.1) is 0 Å². The van der Waals surface area contributed by atoms with Crippen LogP contribution in [0.15, 0.2) is 41.3 Å². The monoisotopic (exact) mass is 214 g/mol. The topological polar surface area (TPSA) is 74.7 Å². The number of benzene rings is 1. The summed E-state index contributed by atoms with van der Waals surface area (Å²) in [4.78, 5) is 11.4. The van der Waals surface area contributed by atoms with E-state index in [1.54, 1.807) is 24.3 Å². The van der Waals surface area contributed by atoms with Gasteiger partial charge in [-0.05, 0) is 6.07 Å². The van der Waals surface area contributed by atoms with Crippen molar-refractivity contribution >= 4 is 11.0 Å². The van der Waals surface area contributed by atoms with E-state index in [1.165, 1.54) is 16.9 Å². The molecule has 0 amide bonds. The Hall–Kier alpha value is -2.50. The van der Waals surface area contributed by atoms with E-state index in [2.05, 4.69) is 10.3 Å². The van der Waals surface area contributed by atoms with Crippen LogP contribution in [0.1, 0.15) is 0 Å². The van der Waals surface area contributed by atoms with Gasteiger partial charge in [-0.25, -0.2) is 4.68 Å². The summed E-state index contributed by atoms with van der Waals surface area (Å²) in [7, 11) is 0. The minimum atomic E-state index is -0.443. The van der Waals surface area contributed by atoms with Crippen LogP contribution in [0.3, 0.4) is 0 Å². The van der Waals surface area contributed by atoms with E-state index in [0.717, 1.165) is 0 Å². The molecule has 78 valence electrons. The number of hydrogen-bond acceptors (Lipinski definition) is 4. The molecule has 0 aliphatic carbocycles. The summed E-state index contributed by atoms with van der Waals surface area (Å²) in [6, 6.07) is 8.31. The van der Waals surface area contributed by atoms with Crippen molar-refractivity contribution in [3.05, 3.63) is 52.1 Å². The summed E-state index contributed by atoms with van der Waals surface area (Å²) in [5.41, 5.74) is 0.821. The fourth-order valence-electron chi connectivity index (χ4n) is 1.64. The van der Waals surface area contributed by atoms with Crippen molar-refractivity contribution in [1.82, 2.24) is 15.0 Å². The predicted molar refractivity (Wildman–Crippen MR) is 55.3 cm³/mol. The summed E-state index contributed by atoms with van der Waals surface area (Å²) >= 11 is 0. The van der Waals surface area contributed by atoms with Gasteiger partial charge in [-0.1, -0.05) is 22.4 Å². The first-order chi connectivity index (χ1) is 7.77. The Kier molecular flexibility index (Phi) is 1.64. The van der Waals surface area contributed by atoms with Crippen molar-refractivity contribution < 1.29 is 4.73 Å².